The number of nitrogens with zero attached hydrogens (tertiary/aromatic N) is 1. The third-order valence-corrected chi connectivity index (χ3v) is 6.80. The molecular formula is C20H26N2O3S. The molecule has 26 heavy (non-hydrogen) atoms. The van der Waals surface area contributed by atoms with Crippen molar-refractivity contribution in [3.05, 3.63) is 54.1 Å². The number of nitrogens with one attached hydrogen (secondary N) is 1. The van der Waals surface area contributed by atoms with E-state index in [0.717, 1.165) is 36.3 Å². The molecule has 0 bridgehead atoms. The van der Waals surface area contributed by atoms with E-state index in [1.54, 1.807) is 23.5 Å². The normalized spacial score (nSPS) is 16.4. The van der Waals surface area contributed by atoms with Gasteiger partial charge in [0.2, 0.25) is 10.0 Å². The first-order valence-corrected chi connectivity index (χ1v) is 10.5. The molecule has 1 fully saturated rings. The monoisotopic (exact) mass is 374 g/mol. The van der Waals surface area contributed by atoms with Gasteiger partial charge in [0, 0.05) is 24.8 Å². The Morgan fingerprint density at radius 3 is 2.19 bits per heavy atom. The van der Waals surface area contributed by atoms with Gasteiger partial charge >= 0.3 is 0 Å². The Bertz CT molecular complexity index is 809. The van der Waals surface area contributed by atoms with Gasteiger partial charge in [0.1, 0.15) is 5.75 Å². The van der Waals surface area contributed by atoms with Gasteiger partial charge in [-0.15, -0.1) is 0 Å². The summed E-state index contributed by atoms with van der Waals surface area (Å²) >= 11 is 0. The number of ether oxygens (including phenoxy) is 1. The van der Waals surface area contributed by atoms with Crippen LogP contribution in [0, 0.1) is 0 Å². The van der Waals surface area contributed by atoms with Crippen LogP contribution >= 0.6 is 0 Å². The second kappa shape index (κ2) is 8.10. The van der Waals surface area contributed by atoms with E-state index in [4.69, 9.17) is 4.74 Å². The van der Waals surface area contributed by atoms with E-state index >= 15 is 0 Å². The van der Waals surface area contributed by atoms with Gasteiger partial charge in [-0.1, -0.05) is 19.1 Å². The fraction of sp³-hybridized carbons (Fsp3) is 0.400. The lowest BCUT2D eigenvalue weighted by molar-refractivity contribution is 0.329. The van der Waals surface area contributed by atoms with Crippen LogP contribution in [0.1, 0.15) is 25.3 Å². The zero-order valence-corrected chi connectivity index (χ0v) is 16.1. The van der Waals surface area contributed by atoms with Gasteiger partial charge in [-0.25, -0.2) is 8.42 Å². The van der Waals surface area contributed by atoms with E-state index in [1.165, 1.54) is 0 Å². The average molecular weight is 375 g/mol. The summed E-state index contributed by atoms with van der Waals surface area (Å²) < 4.78 is 32.4. The molecule has 1 aliphatic heterocycles. The second-order valence-corrected chi connectivity index (χ2v) is 8.49. The van der Waals surface area contributed by atoms with Gasteiger partial charge < -0.3 is 10.1 Å². The predicted octanol–water partition coefficient (Wildman–Crippen LogP) is 3.52. The molecule has 0 unspecified atom stereocenters. The Morgan fingerprint density at radius 2 is 1.65 bits per heavy atom. The summed E-state index contributed by atoms with van der Waals surface area (Å²) in [6, 6.07) is 15.3. The van der Waals surface area contributed by atoms with E-state index in [2.05, 4.69) is 12.2 Å². The fourth-order valence-electron chi connectivity index (χ4n) is 3.21. The molecule has 140 valence electrons. The number of methoxy groups -OCH3 is 1. The topological polar surface area (TPSA) is 58.6 Å². The Balaban J connectivity index is 1.59. The van der Waals surface area contributed by atoms with Crippen LogP contribution < -0.4 is 10.1 Å². The predicted molar refractivity (Wildman–Crippen MR) is 104 cm³/mol. The lowest BCUT2D eigenvalue weighted by atomic mass is 10.1. The first-order valence-electron chi connectivity index (χ1n) is 9.02. The summed E-state index contributed by atoms with van der Waals surface area (Å²) in [5.41, 5.74) is 2.17. The smallest absolute Gasteiger partial charge is 0.243 e. The van der Waals surface area contributed by atoms with E-state index in [1.807, 2.05) is 36.4 Å². The minimum absolute atomic E-state index is 0.275. The van der Waals surface area contributed by atoms with Crippen molar-refractivity contribution in [2.75, 3.05) is 25.5 Å². The fourth-order valence-corrected chi connectivity index (χ4v) is 4.68. The van der Waals surface area contributed by atoms with Gasteiger partial charge in [-0.3, -0.25) is 0 Å². The van der Waals surface area contributed by atoms with Crippen molar-refractivity contribution in [2.24, 2.45) is 0 Å². The lowest BCUT2D eigenvalue weighted by Crippen LogP contribution is -2.42. The van der Waals surface area contributed by atoms with E-state index < -0.39 is 10.0 Å². The molecule has 0 spiro atoms. The van der Waals surface area contributed by atoms with Crippen LogP contribution in [0.4, 0.5) is 5.69 Å². The summed E-state index contributed by atoms with van der Waals surface area (Å²) in [5.74, 6) is 0.825. The first kappa shape index (κ1) is 18.7. The van der Waals surface area contributed by atoms with Gasteiger partial charge in [-0.2, -0.15) is 4.31 Å². The van der Waals surface area contributed by atoms with Crippen LogP contribution in [0.15, 0.2) is 53.4 Å². The van der Waals surface area contributed by atoms with Crippen LogP contribution in [0.5, 0.6) is 5.75 Å². The highest BCUT2D eigenvalue weighted by Gasteiger charge is 2.29. The third-order valence-electron chi connectivity index (χ3n) is 4.88. The second-order valence-electron chi connectivity index (χ2n) is 6.55. The lowest BCUT2D eigenvalue weighted by Gasteiger charge is -2.32. The standard InChI is InChI=1S/C20H26N2O3S/c1-3-16-4-10-20(11-5-16)26(23,24)22-14-12-18(13-15-22)21-17-6-8-19(25-2)9-7-17/h4-11,18,21H,3,12-15H2,1-2H3. The van der Waals surface area contributed by atoms with Gasteiger partial charge in [0.15, 0.2) is 0 Å². The van der Waals surface area contributed by atoms with Crippen LogP contribution in [0.2, 0.25) is 0 Å². The maximum Gasteiger partial charge on any atom is 0.243 e. The molecule has 1 N–H and O–H groups in total. The highest BCUT2D eigenvalue weighted by atomic mass is 32.2. The molecule has 6 heteroatoms. The zero-order valence-electron chi connectivity index (χ0n) is 15.3. The van der Waals surface area contributed by atoms with Crippen molar-refractivity contribution in [1.29, 1.82) is 0 Å². The molecule has 2 aromatic carbocycles. The first-order chi connectivity index (χ1) is 12.5. The van der Waals surface area contributed by atoms with E-state index in [9.17, 15) is 8.42 Å². The average Bonchev–Trinajstić information content (AvgIpc) is 2.69. The molecule has 0 amide bonds. The Morgan fingerprint density at radius 1 is 1.04 bits per heavy atom. The molecule has 5 nitrogen and oxygen atoms in total. The number of rotatable bonds is 6. The van der Waals surface area contributed by atoms with Crippen LogP contribution in [0.25, 0.3) is 0 Å². The summed E-state index contributed by atoms with van der Waals surface area (Å²) in [4.78, 5) is 0.385. The summed E-state index contributed by atoms with van der Waals surface area (Å²) in [6.07, 6.45) is 2.49. The highest BCUT2D eigenvalue weighted by molar-refractivity contribution is 7.89. The van der Waals surface area contributed by atoms with Crippen LogP contribution in [-0.4, -0.2) is 39.0 Å². The number of anilines is 1. The van der Waals surface area contributed by atoms with Crippen molar-refractivity contribution in [3.8, 4) is 5.75 Å². The molecule has 3 rings (SSSR count). The Kier molecular flexibility index (Phi) is 5.84. The van der Waals surface area contributed by atoms with Crippen molar-refractivity contribution in [2.45, 2.75) is 37.1 Å². The SMILES string of the molecule is CCc1ccc(S(=O)(=O)N2CCC(Nc3ccc(OC)cc3)CC2)cc1. The molecule has 0 aliphatic carbocycles. The molecule has 0 saturated carbocycles. The maximum absolute atomic E-state index is 12.8. The van der Waals surface area contributed by atoms with Gasteiger partial charge in [0.25, 0.3) is 0 Å². The minimum atomic E-state index is -3.40. The third kappa shape index (κ3) is 4.19. The highest BCUT2D eigenvalue weighted by Crippen LogP contribution is 2.24. The summed E-state index contributed by atoms with van der Waals surface area (Å²) in [5, 5.41) is 3.48. The van der Waals surface area contributed by atoms with Crippen LogP contribution in [-0.2, 0) is 16.4 Å². The molecule has 1 saturated heterocycles. The number of hydrogen-bond acceptors (Lipinski definition) is 4. The van der Waals surface area contributed by atoms with Crippen molar-refractivity contribution in [1.82, 2.24) is 4.31 Å². The van der Waals surface area contributed by atoms with Crippen molar-refractivity contribution < 1.29 is 13.2 Å². The number of sulfonamides is 1. The largest absolute Gasteiger partial charge is 0.497 e. The molecule has 0 aromatic heterocycles. The van der Waals surface area contributed by atoms with Gasteiger partial charge in [-0.05, 0) is 61.2 Å². The molecule has 1 aliphatic rings. The molecule has 2 aromatic rings. The molecule has 0 radical (unpaired) electrons. The van der Waals surface area contributed by atoms with Gasteiger partial charge in [0.05, 0.1) is 12.0 Å². The number of benzene rings is 2. The van der Waals surface area contributed by atoms with Crippen molar-refractivity contribution >= 4 is 15.7 Å². The number of aryl methyl sites for hydroxylation is 1. The molecule has 0 atom stereocenters. The van der Waals surface area contributed by atoms with Crippen LogP contribution in [0.3, 0.4) is 0 Å². The Labute approximate surface area is 156 Å². The number of piperidine rings is 1. The number of hydrogen-bond donors (Lipinski definition) is 1. The molecular weight excluding hydrogens is 348 g/mol. The summed E-state index contributed by atoms with van der Waals surface area (Å²) in [7, 11) is -1.76. The van der Waals surface area contributed by atoms with E-state index in [0.29, 0.717) is 18.0 Å². The quantitative estimate of drug-likeness (QED) is 0.840. The maximum atomic E-state index is 12.8. The van der Waals surface area contributed by atoms with E-state index in [-0.39, 0.29) is 6.04 Å². The minimum Gasteiger partial charge on any atom is -0.497 e. The zero-order chi connectivity index (χ0) is 18.6. The van der Waals surface area contributed by atoms with Crippen molar-refractivity contribution in [3.63, 3.8) is 0 Å². The molecule has 1 heterocycles. The summed E-state index contributed by atoms with van der Waals surface area (Å²) in [6.45, 7) is 3.13. The Hall–Kier alpha value is -2.05.